The number of ether oxygens (including phenoxy) is 1. The van der Waals surface area contributed by atoms with Gasteiger partial charge in [-0.25, -0.2) is 0 Å². The first-order valence-electron chi connectivity index (χ1n) is 15.1. The van der Waals surface area contributed by atoms with Gasteiger partial charge in [-0.15, -0.1) is 0 Å². The molecule has 6 rings (SSSR count). The first-order valence-corrected chi connectivity index (χ1v) is 15.1. The maximum absolute atomic E-state index is 14.2. The molecule has 4 aliphatic rings. The predicted molar refractivity (Wildman–Crippen MR) is 159 cm³/mol. The van der Waals surface area contributed by atoms with Gasteiger partial charge in [-0.1, -0.05) is 12.1 Å². The van der Waals surface area contributed by atoms with Crippen LogP contribution in [0.5, 0.6) is 11.5 Å². The number of aliphatic hydroxyl groups excluding tert-OH is 1. The summed E-state index contributed by atoms with van der Waals surface area (Å²) in [5.41, 5.74) is 4.79. The van der Waals surface area contributed by atoms with Gasteiger partial charge in [0.2, 0.25) is 5.91 Å². The van der Waals surface area contributed by atoms with Gasteiger partial charge >= 0.3 is 0 Å². The van der Waals surface area contributed by atoms with Crippen LogP contribution in [0.25, 0.3) is 11.1 Å². The number of aliphatic hydroxyl groups is 2. The lowest BCUT2D eigenvalue weighted by molar-refractivity contribution is -0.195. The number of benzene rings is 2. The van der Waals surface area contributed by atoms with Crippen LogP contribution in [-0.2, 0) is 32.1 Å². The van der Waals surface area contributed by atoms with Crippen LogP contribution in [-0.4, -0.2) is 106 Å². The minimum absolute atomic E-state index is 0.0871. The Kier molecular flexibility index (Phi) is 7.67. The van der Waals surface area contributed by atoms with Gasteiger partial charge in [-0.3, -0.25) is 33.8 Å². The van der Waals surface area contributed by atoms with Crippen molar-refractivity contribution in [2.45, 2.75) is 43.6 Å². The molecule has 45 heavy (non-hydrogen) atoms. The van der Waals surface area contributed by atoms with Crippen molar-refractivity contribution in [1.82, 2.24) is 9.80 Å². The van der Waals surface area contributed by atoms with Crippen LogP contribution in [0.15, 0.2) is 30.3 Å². The lowest BCUT2D eigenvalue weighted by atomic mass is 9.51. The van der Waals surface area contributed by atoms with Crippen molar-refractivity contribution in [2.75, 3.05) is 34.3 Å². The number of likely N-dealkylation sites (N-methyl/N-ethyl adjacent to an activating group) is 1. The number of methoxy groups -OCH3 is 1. The van der Waals surface area contributed by atoms with E-state index in [9.17, 15) is 39.3 Å². The third kappa shape index (κ3) is 4.53. The van der Waals surface area contributed by atoms with E-state index in [-0.39, 0.29) is 12.0 Å². The zero-order valence-electron chi connectivity index (χ0n) is 25.4. The summed E-state index contributed by atoms with van der Waals surface area (Å²) >= 11 is 0. The molecule has 2 aromatic carbocycles. The molecule has 12 nitrogen and oxygen atoms in total. The molecular weight excluding hydrogens is 582 g/mol. The number of carbonyl (C=O) groups excluding carboxylic acids is 5. The molecule has 0 radical (unpaired) electrons. The average molecular weight is 620 g/mol. The van der Waals surface area contributed by atoms with Gasteiger partial charge in [0.05, 0.1) is 36.7 Å². The van der Waals surface area contributed by atoms with Crippen molar-refractivity contribution in [3.8, 4) is 22.6 Å². The molecule has 2 aromatic rings. The molecule has 3 aliphatic carbocycles. The van der Waals surface area contributed by atoms with Crippen molar-refractivity contribution in [1.29, 1.82) is 0 Å². The highest BCUT2D eigenvalue weighted by Crippen LogP contribution is 2.52. The van der Waals surface area contributed by atoms with E-state index in [2.05, 4.69) is 4.90 Å². The van der Waals surface area contributed by atoms with Crippen molar-refractivity contribution in [3.63, 3.8) is 0 Å². The van der Waals surface area contributed by atoms with E-state index in [4.69, 9.17) is 10.5 Å². The zero-order valence-corrected chi connectivity index (χ0v) is 25.4. The van der Waals surface area contributed by atoms with Crippen molar-refractivity contribution in [3.05, 3.63) is 47.0 Å². The molecule has 1 aliphatic heterocycles. The molecule has 7 atom stereocenters. The lowest BCUT2D eigenvalue weighted by Crippen LogP contribution is -2.77. The number of phenols is 1. The highest BCUT2D eigenvalue weighted by Gasteiger charge is 2.72. The summed E-state index contributed by atoms with van der Waals surface area (Å²) in [6.07, 6.45) is 0.481. The van der Waals surface area contributed by atoms with Gasteiger partial charge in [0.15, 0.2) is 34.7 Å². The normalized spacial score (nSPS) is 31.5. The molecule has 0 bridgehead atoms. The number of carbonyl (C=O) groups is 5. The third-order valence-electron chi connectivity index (χ3n) is 10.2. The molecule has 12 heteroatoms. The molecule has 0 spiro atoms. The number of nitrogens with two attached hydrogens (primary N) is 1. The number of hydrogen-bond acceptors (Lipinski definition) is 11. The number of nitrogens with zero attached hydrogens (tertiary/aromatic N) is 2. The second-order valence-electron chi connectivity index (χ2n) is 12.9. The van der Waals surface area contributed by atoms with E-state index in [0.29, 0.717) is 29.0 Å². The van der Waals surface area contributed by atoms with Crippen LogP contribution in [0.3, 0.4) is 0 Å². The lowest BCUT2D eigenvalue weighted by Gasteiger charge is -2.54. The fraction of sp³-hybridized carbons (Fsp3) is 0.485. The highest BCUT2D eigenvalue weighted by atomic mass is 16.5. The van der Waals surface area contributed by atoms with E-state index in [1.807, 2.05) is 18.2 Å². The topological polar surface area (TPSA) is 188 Å². The SMILES string of the molecule is COc1ccc(CN2CCCC2)cc1-c1ccc(O)c2c1C[C@@H]1C(C2=O)C(=O)[C@]2(O)C(=O)C(C(N)=O)C(=O)[C@@H](N(C)C)[C@@H]2[C@H]1O. The molecule has 2 unspecified atom stereocenters. The Morgan fingerprint density at radius 1 is 1.07 bits per heavy atom. The van der Waals surface area contributed by atoms with E-state index in [1.165, 1.54) is 32.2 Å². The standard InChI is InChI=1S/C33H37N3O9/c1-35(2)26-25-27(38)19-13-18-16(17-12-15(6-9-21(17)45-3)14-36-10-4-5-11-36)7-8-20(37)22(18)28(39)23(19)30(41)33(25,44)31(42)24(29(26)40)32(34)43/h6-9,12,19,23-27,37-38,44H,4-5,10-11,13-14H2,1-3H3,(H2,34,43)/t19-,23?,24?,25-,26+,27+,33+/m1/s1. The quantitative estimate of drug-likeness (QED) is 0.321. The van der Waals surface area contributed by atoms with Crippen molar-refractivity contribution < 1.29 is 44.0 Å². The van der Waals surface area contributed by atoms with Crippen LogP contribution >= 0.6 is 0 Å². The molecular formula is C33H37N3O9. The number of rotatable bonds is 6. The monoisotopic (exact) mass is 619 g/mol. The average Bonchev–Trinajstić information content (AvgIpc) is 3.50. The maximum atomic E-state index is 14.2. The summed E-state index contributed by atoms with van der Waals surface area (Å²) in [6, 6.07) is 7.34. The van der Waals surface area contributed by atoms with Crippen LogP contribution < -0.4 is 10.5 Å². The molecule has 2 saturated carbocycles. The summed E-state index contributed by atoms with van der Waals surface area (Å²) in [4.78, 5) is 71.1. The van der Waals surface area contributed by atoms with Gasteiger partial charge in [0, 0.05) is 18.0 Å². The first-order chi connectivity index (χ1) is 21.3. The summed E-state index contributed by atoms with van der Waals surface area (Å²) in [6.45, 7) is 2.70. The smallest absolute Gasteiger partial charge is 0.235 e. The van der Waals surface area contributed by atoms with E-state index in [0.717, 1.165) is 31.5 Å². The fourth-order valence-electron chi connectivity index (χ4n) is 8.13. The van der Waals surface area contributed by atoms with Crippen LogP contribution in [0.4, 0.5) is 0 Å². The Morgan fingerprint density at radius 3 is 2.38 bits per heavy atom. The summed E-state index contributed by atoms with van der Waals surface area (Å²) < 4.78 is 5.68. The largest absolute Gasteiger partial charge is 0.507 e. The molecule has 238 valence electrons. The molecule has 0 aromatic heterocycles. The highest BCUT2D eigenvalue weighted by molar-refractivity contribution is 6.32. The van der Waals surface area contributed by atoms with E-state index >= 15 is 0 Å². The van der Waals surface area contributed by atoms with E-state index < -0.39 is 76.2 Å². The van der Waals surface area contributed by atoms with Crippen LogP contribution in [0, 0.1) is 23.7 Å². The number of aromatic hydroxyl groups is 1. The second kappa shape index (κ2) is 11.1. The Labute approximate surface area is 259 Å². The molecule has 3 fully saturated rings. The number of hydrogen-bond donors (Lipinski definition) is 4. The minimum Gasteiger partial charge on any atom is -0.507 e. The van der Waals surface area contributed by atoms with Crippen molar-refractivity contribution in [2.24, 2.45) is 29.4 Å². The van der Waals surface area contributed by atoms with Crippen molar-refractivity contribution >= 4 is 29.0 Å². The van der Waals surface area contributed by atoms with Gasteiger partial charge in [-0.05, 0) is 81.3 Å². The number of phenolic OH excluding ortho intramolecular Hbond substituents is 1. The number of fused-ring (bicyclic) bond motifs is 3. The fourth-order valence-corrected chi connectivity index (χ4v) is 8.13. The third-order valence-corrected chi connectivity index (χ3v) is 10.2. The Hall–Kier alpha value is -3.97. The first kappa shape index (κ1) is 31.0. The Bertz CT molecular complexity index is 1630. The number of Topliss-reactive ketones (excluding diaryl/α,β-unsaturated/α-hetero) is 4. The summed E-state index contributed by atoms with van der Waals surface area (Å²) in [5.74, 6) is -12.3. The van der Waals surface area contributed by atoms with Crippen LogP contribution in [0.1, 0.15) is 34.3 Å². The second-order valence-corrected chi connectivity index (χ2v) is 12.9. The Morgan fingerprint density at radius 2 is 1.76 bits per heavy atom. The molecule has 5 N–H and O–H groups in total. The maximum Gasteiger partial charge on any atom is 0.235 e. The van der Waals surface area contributed by atoms with Gasteiger partial charge < -0.3 is 25.8 Å². The number of likely N-dealkylation sites (tertiary alicyclic amines) is 1. The summed E-state index contributed by atoms with van der Waals surface area (Å²) in [7, 11) is 4.44. The van der Waals surface area contributed by atoms with Gasteiger partial charge in [0.1, 0.15) is 11.5 Å². The van der Waals surface area contributed by atoms with Gasteiger partial charge in [0.25, 0.3) is 0 Å². The molecule has 1 saturated heterocycles. The Balaban J connectivity index is 1.49. The minimum atomic E-state index is -3.03. The van der Waals surface area contributed by atoms with E-state index in [1.54, 1.807) is 6.07 Å². The summed E-state index contributed by atoms with van der Waals surface area (Å²) in [5, 5.41) is 34.6. The number of primary amides is 1. The zero-order chi connectivity index (χ0) is 32.5. The number of amides is 1. The molecule has 1 heterocycles. The number of ketones is 4. The van der Waals surface area contributed by atoms with Gasteiger partial charge in [-0.2, -0.15) is 0 Å². The van der Waals surface area contributed by atoms with Crippen LogP contribution in [0.2, 0.25) is 0 Å². The predicted octanol–water partition coefficient (Wildman–Crippen LogP) is 0.109. The molecule has 1 amide bonds.